The zero-order valence-electron chi connectivity index (χ0n) is 14.5. The fourth-order valence-electron chi connectivity index (χ4n) is 3.34. The van der Waals surface area contributed by atoms with E-state index in [9.17, 15) is 0 Å². The van der Waals surface area contributed by atoms with Gasteiger partial charge in [-0.05, 0) is 48.2 Å². The highest BCUT2D eigenvalue weighted by atomic mass is 14.9. The van der Waals surface area contributed by atoms with Crippen molar-refractivity contribution >= 4 is 17.2 Å². The zero-order valence-corrected chi connectivity index (χ0v) is 14.5. The van der Waals surface area contributed by atoms with Gasteiger partial charge in [0.15, 0.2) is 0 Å². The lowest BCUT2D eigenvalue weighted by atomic mass is 9.90. The molecule has 0 saturated carbocycles. The number of nitrogens with zero attached hydrogens (tertiary/aromatic N) is 1. The van der Waals surface area contributed by atoms with E-state index >= 15 is 0 Å². The third-order valence-corrected chi connectivity index (χ3v) is 4.70. The monoisotopic (exact) mass is 327 g/mol. The average Bonchev–Trinajstić information content (AvgIpc) is 2.64. The smallest absolute Gasteiger partial charge is 0.132 e. The molecule has 3 heteroatoms. The Morgan fingerprint density at radius 3 is 2.72 bits per heavy atom. The van der Waals surface area contributed by atoms with Crippen LogP contribution in [0.15, 0.2) is 65.7 Å². The maximum atomic E-state index is 6.45. The van der Waals surface area contributed by atoms with E-state index in [2.05, 4.69) is 67.7 Å². The van der Waals surface area contributed by atoms with Crippen LogP contribution < -0.4 is 11.1 Å². The molecular formula is C22H21N3. The van der Waals surface area contributed by atoms with Crippen LogP contribution in [0.3, 0.4) is 0 Å². The highest BCUT2D eigenvalue weighted by molar-refractivity contribution is 6.08. The van der Waals surface area contributed by atoms with E-state index in [0.29, 0.717) is 5.84 Å². The van der Waals surface area contributed by atoms with Crippen LogP contribution in [0.5, 0.6) is 0 Å². The van der Waals surface area contributed by atoms with E-state index in [-0.39, 0.29) is 0 Å². The largest absolute Gasteiger partial charge is 0.383 e. The van der Waals surface area contributed by atoms with Crippen LogP contribution in [0.25, 0.3) is 11.1 Å². The summed E-state index contributed by atoms with van der Waals surface area (Å²) in [5.74, 6) is 0.545. The number of hydrogen-bond donors (Lipinski definition) is 2. The SMILES string of the molecule is Cc1ccc(C)c(N=C(N)c2cccc3c2-c2ccccc2CN3)c1. The molecule has 3 aromatic carbocycles. The van der Waals surface area contributed by atoms with Crippen molar-refractivity contribution in [1.82, 2.24) is 0 Å². The lowest BCUT2D eigenvalue weighted by molar-refractivity contribution is 1.13. The molecule has 0 unspecified atom stereocenters. The van der Waals surface area contributed by atoms with Crippen LogP contribution in [-0.2, 0) is 6.54 Å². The van der Waals surface area contributed by atoms with Gasteiger partial charge < -0.3 is 11.1 Å². The Bertz CT molecular complexity index is 986. The number of aliphatic imine (C=N–C) groups is 1. The molecule has 0 fully saturated rings. The fraction of sp³-hybridized carbons (Fsp3) is 0.136. The van der Waals surface area contributed by atoms with E-state index in [1.54, 1.807) is 0 Å². The van der Waals surface area contributed by atoms with Crippen LogP contribution in [0.4, 0.5) is 11.4 Å². The van der Waals surface area contributed by atoms with Gasteiger partial charge in [0.05, 0.1) is 5.69 Å². The van der Waals surface area contributed by atoms with Crippen LogP contribution in [0, 0.1) is 13.8 Å². The van der Waals surface area contributed by atoms with Crippen molar-refractivity contribution in [2.24, 2.45) is 10.7 Å². The van der Waals surface area contributed by atoms with Gasteiger partial charge in [-0.3, -0.25) is 0 Å². The van der Waals surface area contributed by atoms with E-state index < -0.39 is 0 Å². The Labute approximate surface area is 148 Å². The average molecular weight is 327 g/mol. The number of nitrogens with one attached hydrogen (secondary N) is 1. The predicted octanol–water partition coefficient (Wildman–Crippen LogP) is 4.93. The van der Waals surface area contributed by atoms with Crippen LogP contribution >= 0.6 is 0 Å². The molecule has 0 aromatic heterocycles. The molecule has 0 spiro atoms. The Morgan fingerprint density at radius 2 is 1.84 bits per heavy atom. The van der Waals surface area contributed by atoms with Gasteiger partial charge in [0.1, 0.15) is 5.84 Å². The predicted molar refractivity (Wildman–Crippen MR) is 106 cm³/mol. The standard InChI is InChI=1S/C22H21N3/c1-14-10-11-15(2)20(12-14)25-22(23)18-8-5-9-19-21(18)17-7-4-3-6-16(17)13-24-19/h3-12,24H,13H2,1-2H3,(H2,23,25). The molecule has 0 amide bonds. The zero-order chi connectivity index (χ0) is 17.4. The van der Waals surface area contributed by atoms with Crippen LogP contribution in [0.1, 0.15) is 22.3 Å². The number of benzene rings is 3. The first-order chi connectivity index (χ1) is 12.1. The van der Waals surface area contributed by atoms with Gasteiger partial charge in [-0.2, -0.15) is 0 Å². The second-order valence-electron chi connectivity index (χ2n) is 6.53. The lowest BCUT2D eigenvalue weighted by Gasteiger charge is -2.24. The number of fused-ring (bicyclic) bond motifs is 3. The summed E-state index contributed by atoms with van der Waals surface area (Å²) >= 11 is 0. The van der Waals surface area contributed by atoms with Gasteiger partial charge in [-0.25, -0.2) is 4.99 Å². The summed E-state index contributed by atoms with van der Waals surface area (Å²) in [7, 11) is 0. The molecule has 1 heterocycles. The first-order valence-corrected chi connectivity index (χ1v) is 8.50. The Morgan fingerprint density at radius 1 is 1.00 bits per heavy atom. The molecule has 4 rings (SSSR count). The summed E-state index contributed by atoms with van der Waals surface area (Å²) in [6, 6.07) is 20.9. The van der Waals surface area contributed by atoms with Crippen molar-refractivity contribution in [3.63, 3.8) is 0 Å². The Kier molecular flexibility index (Phi) is 3.77. The third kappa shape index (κ3) is 2.78. The first-order valence-electron chi connectivity index (χ1n) is 8.50. The molecule has 0 atom stereocenters. The number of anilines is 1. The molecule has 3 aromatic rings. The molecule has 0 radical (unpaired) electrons. The number of nitrogens with two attached hydrogens (primary N) is 1. The molecule has 124 valence electrons. The van der Waals surface area contributed by atoms with Gasteiger partial charge in [-0.1, -0.05) is 48.5 Å². The summed E-state index contributed by atoms with van der Waals surface area (Å²) in [5.41, 5.74) is 15.4. The normalized spacial score (nSPS) is 13.0. The number of amidine groups is 1. The number of hydrogen-bond acceptors (Lipinski definition) is 2. The van der Waals surface area contributed by atoms with Crippen molar-refractivity contribution < 1.29 is 0 Å². The van der Waals surface area contributed by atoms with Gasteiger partial charge in [0.25, 0.3) is 0 Å². The molecule has 0 aliphatic carbocycles. The quantitative estimate of drug-likeness (QED) is 0.518. The van der Waals surface area contributed by atoms with E-state index in [0.717, 1.165) is 34.6 Å². The molecule has 1 aliphatic rings. The van der Waals surface area contributed by atoms with Crippen LogP contribution in [0.2, 0.25) is 0 Å². The number of rotatable bonds is 2. The minimum Gasteiger partial charge on any atom is -0.383 e. The first kappa shape index (κ1) is 15.5. The van der Waals surface area contributed by atoms with Crippen molar-refractivity contribution in [3.8, 4) is 11.1 Å². The Balaban J connectivity index is 1.88. The molecule has 1 aliphatic heterocycles. The highest BCUT2D eigenvalue weighted by Gasteiger charge is 2.19. The van der Waals surface area contributed by atoms with Gasteiger partial charge in [0, 0.05) is 23.4 Å². The minimum atomic E-state index is 0.545. The molecular weight excluding hydrogens is 306 g/mol. The minimum absolute atomic E-state index is 0.545. The topological polar surface area (TPSA) is 50.4 Å². The van der Waals surface area contributed by atoms with Crippen molar-refractivity contribution in [1.29, 1.82) is 0 Å². The van der Waals surface area contributed by atoms with Crippen molar-refractivity contribution in [2.75, 3.05) is 5.32 Å². The van der Waals surface area contributed by atoms with Gasteiger partial charge >= 0.3 is 0 Å². The van der Waals surface area contributed by atoms with E-state index in [1.165, 1.54) is 16.7 Å². The maximum absolute atomic E-state index is 6.45. The second kappa shape index (κ2) is 6.10. The van der Waals surface area contributed by atoms with Gasteiger partial charge in [0.2, 0.25) is 0 Å². The second-order valence-corrected chi connectivity index (χ2v) is 6.53. The summed E-state index contributed by atoms with van der Waals surface area (Å²) < 4.78 is 0. The van der Waals surface area contributed by atoms with Crippen LogP contribution in [-0.4, -0.2) is 5.84 Å². The third-order valence-electron chi connectivity index (χ3n) is 4.70. The molecule has 0 bridgehead atoms. The molecule has 25 heavy (non-hydrogen) atoms. The Hall–Kier alpha value is -3.07. The summed E-state index contributed by atoms with van der Waals surface area (Å²) in [6.07, 6.45) is 0. The summed E-state index contributed by atoms with van der Waals surface area (Å²) in [4.78, 5) is 4.74. The highest BCUT2D eigenvalue weighted by Crippen LogP contribution is 2.38. The maximum Gasteiger partial charge on any atom is 0.132 e. The molecule has 3 nitrogen and oxygen atoms in total. The fourth-order valence-corrected chi connectivity index (χ4v) is 3.34. The molecule has 0 saturated heterocycles. The summed E-state index contributed by atoms with van der Waals surface area (Å²) in [5, 5.41) is 3.49. The van der Waals surface area contributed by atoms with E-state index in [4.69, 9.17) is 10.7 Å². The summed E-state index contributed by atoms with van der Waals surface area (Å²) in [6.45, 7) is 4.96. The lowest BCUT2D eigenvalue weighted by Crippen LogP contribution is -2.18. The van der Waals surface area contributed by atoms with Crippen molar-refractivity contribution in [2.45, 2.75) is 20.4 Å². The van der Waals surface area contributed by atoms with Gasteiger partial charge in [-0.15, -0.1) is 0 Å². The molecule has 3 N–H and O–H groups in total. The van der Waals surface area contributed by atoms with E-state index in [1.807, 2.05) is 12.1 Å². The number of aryl methyl sites for hydroxylation is 2. The van der Waals surface area contributed by atoms with Crippen molar-refractivity contribution in [3.05, 3.63) is 82.9 Å².